The van der Waals surface area contributed by atoms with Gasteiger partial charge in [-0.1, -0.05) is 37.3 Å². The predicted molar refractivity (Wildman–Crippen MR) is 163 cm³/mol. The van der Waals surface area contributed by atoms with Gasteiger partial charge in [-0.2, -0.15) is 17.9 Å². The van der Waals surface area contributed by atoms with Crippen molar-refractivity contribution in [2.45, 2.75) is 76.0 Å². The minimum atomic E-state index is -4.80. The van der Waals surface area contributed by atoms with Crippen LogP contribution >= 0.6 is 11.3 Å². The fraction of sp³-hybridized carbons (Fsp3) is 0.467. The van der Waals surface area contributed by atoms with Gasteiger partial charge in [-0.25, -0.2) is 22.2 Å². The first kappa shape index (κ1) is 34.8. The largest absolute Gasteiger partial charge is 0.481 e. The minimum Gasteiger partial charge on any atom is -0.481 e. The third-order valence-electron chi connectivity index (χ3n) is 7.88. The summed E-state index contributed by atoms with van der Waals surface area (Å²) in [6, 6.07) is 6.65. The van der Waals surface area contributed by atoms with Crippen molar-refractivity contribution in [3.05, 3.63) is 48.0 Å². The molecule has 0 aliphatic carbocycles. The maximum atomic E-state index is 14.3. The molecule has 254 valence electrons. The van der Waals surface area contributed by atoms with Crippen LogP contribution in [-0.2, 0) is 27.8 Å². The maximum absolute atomic E-state index is 14.3. The van der Waals surface area contributed by atoms with Gasteiger partial charge in [0.15, 0.2) is 5.01 Å². The topological polar surface area (TPSA) is 139 Å². The molecule has 0 radical (unpaired) electrons. The molecule has 1 saturated heterocycles. The lowest BCUT2D eigenvalue weighted by Crippen LogP contribution is -2.44. The summed E-state index contributed by atoms with van der Waals surface area (Å²) in [4.78, 5) is 17.9. The fourth-order valence-electron chi connectivity index (χ4n) is 5.36. The Bertz CT molecular complexity index is 1890. The van der Waals surface area contributed by atoms with E-state index in [4.69, 9.17) is 4.42 Å². The third-order valence-corrected chi connectivity index (χ3v) is 10.5. The molecule has 3 heterocycles. The zero-order valence-corrected chi connectivity index (χ0v) is 27.2. The molecule has 17 heteroatoms. The lowest BCUT2D eigenvalue weighted by molar-refractivity contribution is -0.151. The smallest absolute Gasteiger partial charge is 0.404 e. The zero-order chi connectivity index (χ0) is 34.4. The number of carboxylic acids is 1. The summed E-state index contributed by atoms with van der Waals surface area (Å²) >= 11 is 1.09. The number of aliphatic carboxylic acids is 1. The van der Waals surface area contributed by atoms with Crippen molar-refractivity contribution in [1.29, 1.82) is 0 Å². The number of carboxylic acid groups (broad SMARTS) is 1. The minimum absolute atomic E-state index is 0.00809. The first-order valence-corrected chi connectivity index (χ1v) is 17.0. The number of hydrogen-bond donors (Lipinski definition) is 2. The molecule has 2 aromatic carbocycles. The second-order valence-corrected chi connectivity index (χ2v) is 14.8. The highest BCUT2D eigenvalue weighted by Crippen LogP contribution is 2.41. The number of sulfonamides is 1. The first-order chi connectivity index (χ1) is 21.9. The molecule has 5 rings (SSSR count). The quantitative estimate of drug-likeness (QED) is 0.168. The van der Waals surface area contributed by atoms with Crippen LogP contribution in [0.4, 0.5) is 22.0 Å². The Hall–Kier alpha value is -3.54. The number of alkyl halides is 5. The van der Waals surface area contributed by atoms with E-state index in [0.717, 1.165) is 11.3 Å². The van der Waals surface area contributed by atoms with E-state index in [1.807, 2.05) is 0 Å². The van der Waals surface area contributed by atoms with Crippen molar-refractivity contribution in [3.63, 3.8) is 0 Å². The van der Waals surface area contributed by atoms with E-state index in [1.54, 1.807) is 27.8 Å². The highest BCUT2D eigenvalue weighted by Gasteiger charge is 2.41. The van der Waals surface area contributed by atoms with Crippen molar-refractivity contribution in [3.8, 4) is 21.3 Å². The van der Waals surface area contributed by atoms with Crippen LogP contribution in [0.3, 0.4) is 0 Å². The van der Waals surface area contributed by atoms with Gasteiger partial charge < -0.3 is 9.52 Å². The number of thiazole rings is 1. The van der Waals surface area contributed by atoms with Crippen LogP contribution in [0.5, 0.6) is 0 Å². The number of nitrogens with one attached hydrogen (secondary N) is 1. The number of likely N-dealkylation sites (tertiary alicyclic amines) is 1. The van der Waals surface area contributed by atoms with E-state index in [2.05, 4.69) is 15.2 Å². The van der Waals surface area contributed by atoms with Crippen molar-refractivity contribution in [2.24, 2.45) is 5.41 Å². The number of hydrogen-bond acceptors (Lipinski definition) is 9. The Kier molecular flexibility index (Phi) is 9.49. The van der Waals surface area contributed by atoms with Crippen LogP contribution in [0.25, 0.3) is 32.1 Å². The lowest BCUT2D eigenvalue weighted by atomic mass is 9.90. The Morgan fingerprint density at radius 1 is 1.15 bits per heavy atom. The molecule has 0 amide bonds. The number of piperidine rings is 1. The number of carbonyl (C=O) groups is 1. The van der Waals surface area contributed by atoms with Crippen LogP contribution in [0.1, 0.15) is 51.6 Å². The molecule has 47 heavy (non-hydrogen) atoms. The molecule has 2 aromatic heterocycles. The Morgan fingerprint density at radius 3 is 2.49 bits per heavy atom. The van der Waals surface area contributed by atoms with E-state index in [-0.39, 0.29) is 52.9 Å². The summed E-state index contributed by atoms with van der Waals surface area (Å²) in [5.74, 6) is -3.92. The third kappa shape index (κ3) is 7.63. The number of fused-ring (bicyclic) bond motifs is 1. The summed E-state index contributed by atoms with van der Waals surface area (Å²) in [5, 5.41) is 18.2. The number of nitrogens with zero attached hydrogens (tertiary/aromatic N) is 4. The number of benzene rings is 2. The van der Waals surface area contributed by atoms with E-state index in [1.165, 1.54) is 39.0 Å². The van der Waals surface area contributed by atoms with Crippen LogP contribution in [0.15, 0.2) is 45.7 Å². The van der Waals surface area contributed by atoms with E-state index in [0.29, 0.717) is 28.1 Å². The van der Waals surface area contributed by atoms with Gasteiger partial charge in [0.25, 0.3) is 11.8 Å². The molecule has 0 saturated carbocycles. The fourth-order valence-corrected chi connectivity index (χ4v) is 7.91. The van der Waals surface area contributed by atoms with Crippen molar-refractivity contribution < 1.29 is 44.7 Å². The van der Waals surface area contributed by atoms with Gasteiger partial charge in [0, 0.05) is 30.3 Å². The number of halogens is 5. The Morgan fingerprint density at radius 2 is 1.85 bits per heavy atom. The van der Waals surface area contributed by atoms with Crippen molar-refractivity contribution in [2.75, 3.05) is 13.1 Å². The van der Waals surface area contributed by atoms with Crippen LogP contribution in [-0.4, -0.2) is 70.8 Å². The summed E-state index contributed by atoms with van der Waals surface area (Å²) in [6.45, 7) is 4.14. The SMILES string of the molecule is CCC(NS(=O)(=O)c1ccc(-c2sc(-c3nnc(CC(C)(C)C(=O)O)o3)nc2CN2CCCC(F)(F)C2)c2ccccc12)C(F)(F)F. The van der Waals surface area contributed by atoms with E-state index in [9.17, 15) is 40.3 Å². The Balaban J connectivity index is 1.60. The van der Waals surface area contributed by atoms with Crippen LogP contribution in [0, 0.1) is 5.41 Å². The van der Waals surface area contributed by atoms with Gasteiger partial charge in [-0.15, -0.1) is 21.5 Å². The number of aromatic nitrogens is 3. The van der Waals surface area contributed by atoms with Gasteiger partial charge in [-0.3, -0.25) is 9.69 Å². The van der Waals surface area contributed by atoms with Crippen molar-refractivity contribution >= 4 is 38.1 Å². The van der Waals surface area contributed by atoms with Gasteiger partial charge in [0.2, 0.25) is 15.9 Å². The van der Waals surface area contributed by atoms with Crippen LogP contribution in [0.2, 0.25) is 0 Å². The molecule has 0 bridgehead atoms. The number of rotatable bonds is 11. The van der Waals surface area contributed by atoms with E-state index >= 15 is 0 Å². The highest BCUT2D eigenvalue weighted by atomic mass is 32.2. The second kappa shape index (κ2) is 12.8. The van der Waals surface area contributed by atoms with Crippen molar-refractivity contribution in [1.82, 2.24) is 24.8 Å². The van der Waals surface area contributed by atoms with Gasteiger partial charge in [0.1, 0.15) is 6.04 Å². The second-order valence-electron chi connectivity index (χ2n) is 12.1. The van der Waals surface area contributed by atoms with Crippen LogP contribution < -0.4 is 4.72 Å². The average molecular weight is 702 g/mol. The molecule has 4 aromatic rings. The maximum Gasteiger partial charge on any atom is 0.404 e. The molecule has 1 aliphatic heterocycles. The summed E-state index contributed by atoms with van der Waals surface area (Å²) in [5.41, 5.74) is -0.359. The molecule has 0 spiro atoms. The van der Waals surface area contributed by atoms with Gasteiger partial charge in [-0.05, 0) is 44.7 Å². The standard InChI is InChI=1S/C30H32F5N5O5S2/c1-4-22(30(33,34)35)39-47(43,44)21-11-10-19(17-8-5-6-9-18(17)21)24-20(15-40-13-7-12-29(31,32)16-40)36-26(46-24)25-38-37-23(45-25)14-28(2,3)27(41)42/h5-6,8-11,22,39H,4,7,12-16H2,1-3H3,(H,41,42). The molecule has 10 nitrogen and oxygen atoms in total. The predicted octanol–water partition coefficient (Wildman–Crippen LogP) is 6.52. The highest BCUT2D eigenvalue weighted by molar-refractivity contribution is 7.89. The molecule has 1 aliphatic rings. The zero-order valence-electron chi connectivity index (χ0n) is 25.6. The van der Waals surface area contributed by atoms with E-state index < -0.39 is 52.5 Å². The first-order valence-electron chi connectivity index (χ1n) is 14.7. The average Bonchev–Trinajstić information content (AvgIpc) is 3.61. The Labute approximate surface area is 271 Å². The monoisotopic (exact) mass is 701 g/mol. The molecule has 2 N–H and O–H groups in total. The molecular formula is C30H32F5N5O5S2. The van der Waals surface area contributed by atoms with Gasteiger partial charge in [0.05, 0.1) is 27.4 Å². The molecule has 1 fully saturated rings. The summed E-state index contributed by atoms with van der Waals surface area (Å²) < 4.78 is 103. The summed E-state index contributed by atoms with van der Waals surface area (Å²) in [6.07, 6.45) is -5.34. The molecular weight excluding hydrogens is 669 g/mol. The van der Waals surface area contributed by atoms with Gasteiger partial charge >= 0.3 is 12.1 Å². The summed E-state index contributed by atoms with van der Waals surface area (Å²) in [7, 11) is -4.63. The molecule has 1 unspecified atom stereocenters. The lowest BCUT2D eigenvalue weighted by Gasteiger charge is -2.32. The molecule has 1 atom stereocenters. The normalized spacial score (nSPS) is 16.9.